The maximum absolute atomic E-state index is 11.1. The lowest BCUT2D eigenvalue weighted by Gasteiger charge is -2.41. The van der Waals surface area contributed by atoms with Gasteiger partial charge in [-0.25, -0.2) is 0 Å². The summed E-state index contributed by atoms with van der Waals surface area (Å²) in [6.07, 6.45) is 0.646. The third kappa shape index (κ3) is 1.02. The van der Waals surface area contributed by atoms with Crippen LogP contribution in [0.3, 0.4) is 0 Å². The van der Waals surface area contributed by atoms with Gasteiger partial charge in [0.05, 0.1) is 0 Å². The zero-order valence-electron chi connectivity index (χ0n) is 6.58. The molecule has 5 nitrogen and oxygen atoms in total. The van der Waals surface area contributed by atoms with E-state index in [0.29, 0.717) is 25.9 Å². The molecule has 5 heteroatoms. The molecule has 0 aromatic heterocycles. The van der Waals surface area contributed by atoms with Crippen LogP contribution >= 0.6 is 0 Å². The smallest absolute Gasteiger partial charge is 0.230 e. The molecule has 0 aliphatic carbocycles. The molecule has 2 saturated heterocycles. The molecule has 2 heterocycles. The molecule has 0 bridgehead atoms. The molecule has 0 unspecified atom stereocenters. The number of likely N-dealkylation sites (tertiary alicyclic amines) is 1. The molecule has 2 aliphatic heterocycles. The monoisotopic (exact) mass is 170 g/mol. The Bertz CT molecular complexity index is 219. The molecule has 2 rings (SSSR count). The van der Waals surface area contributed by atoms with E-state index in [1.807, 2.05) is 0 Å². The maximum Gasteiger partial charge on any atom is 0.230 e. The Morgan fingerprint density at radius 1 is 1.25 bits per heavy atom. The van der Waals surface area contributed by atoms with E-state index in [4.69, 9.17) is 0 Å². The number of imide groups is 1. The van der Waals surface area contributed by atoms with Crippen molar-refractivity contribution < 1.29 is 14.7 Å². The quantitative estimate of drug-likeness (QED) is 0.362. The number of hydrogen-bond acceptors (Lipinski definition) is 3. The lowest BCUT2D eigenvalue weighted by atomic mass is 10.1. The lowest BCUT2D eigenvalue weighted by Crippen LogP contribution is -3.18. The molecular formula is C7H10N2O3. The number of nitrogens with one attached hydrogen (secondary N) is 1. The van der Waals surface area contributed by atoms with E-state index in [-0.39, 0.29) is 22.9 Å². The topological polar surface area (TPSA) is 64.9 Å². The van der Waals surface area contributed by atoms with Crippen molar-refractivity contribution in [2.24, 2.45) is 0 Å². The van der Waals surface area contributed by atoms with Crippen LogP contribution < -0.4 is 5.06 Å². The molecule has 2 aliphatic rings. The molecule has 0 aromatic rings. The van der Waals surface area contributed by atoms with Gasteiger partial charge in [0.2, 0.25) is 11.8 Å². The van der Waals surface area contributed by atoms with Gasteiger partial charge in [0.25, 0.3) is 0 Å². The van der Waals surface area contributed by atoms with Crippen molar-refractivity contribution in [3.63, 3.8) is 0 Å². The van der Waals surface area contributed by atoms with E-state index in [1.54, 1.807) is 0 Å². The fraction of sp³-hybridized carbons (Fsp3) is 0.714. The van der Waals surface area contributed by atoms with Gasteiger partial charge in [-0.2, -0.15) is 0 Å². The van der Waals surface area contributed by atoms with Gasteiger partial charge in [-0.3, -0.25) is 14.5 Å². The molecule has 0 spiro atoms. The zero-order valence-corrected chi connectivity index (χ0v) is 6.58. The van der Waals surface area contributed by atoms with Crippen molar-refractivity contribution in [3.8, 4) is 0 Å². The van der Waals surface area contributed by atoms with Crippen molar-refractivity contribution in [2.45, 2.75) is 18.9 Å². The number of amides is 2. The Balaban J connectivity index is 2.03. The molecule has 1 N–H and O–H groups in total. The summed E-state index contributed by atoms with van der Waals surface area (Å²) in [5, 5.41) is 10.8. The molecular weight excluding hydrogens is 160 g/mol. The van der Waals surface area contributed by atoms with E-state index in [0.717, 1.165) is 0 Å². The predicted octanol–water partition coefficient (Wildman–Crippen LogP) is -2.10. The molecule has 2 amide bonds. The van der Waals surface area contributed by atoms with E-state index >= 15 is 0 Å². The first-order chi connectivity index (χ1) is 5.68. The second-order valence-electron chi connectivity index (χ2n) is 3.26. The third-order valence-electron chi connectivity index (χ3n) is 2.38. The van der Waals surface area contributed by atoms with Crippen LogP contribution in [-0.4, -0.2) is 35.8 Å². The minimum absolute atomic E-state index is 0.111. The van der Waals surface area contributed by atoms with Gasteiger partial charge in [-0.15, -0.1) is 0 Å². The number of nitrogens with zero attached hydrogens (tertiary/aromatic N) is 1. The van der Waals surface area contributed by atoms with Crippen molar-refractivity contribution in [1.82, 2.24) is 4.90 Å². The fourth-order valence-electron chi connectivity index (χ4n) is 1.65. The summed E-state index contributed by atoms with van der Waals surface area (Å²) in [4.78, 5) is 23.5. The summed E-state index contributed by atoms with van der Waals surface area (Å²) in [6.45, 7) is 0.745. The van der Waals surface area contributed by atoms with Gasteiger partial charge >= 0.3 is 0 Å². The van der Waals surface area contributed by atoms with E-state index in [1.165, 1.54) is 4.90 Å². The van der Waals surface area contributed by atoms with Crippen LogP contribution in [0.2, 0.25) is 0 Å². The number of carbonyl (C=O) groups excluding carboxylic acids is 2. The normalized spacial score (nSPS) is 35.6. The van der Waals surface area contributed by atoms with Gasteiger partial charge in [0.1, 0.15) is 19.1 Å². The van der Waals surface area contributed by atoms with Gasteiger partial charge in [0.15, 0.2) is 0 Å². The Morgan fingerprint density at radius 3 is 2.17 bits per heavy atom. The van der Waals surface area contributed by atoms with Crippen LogP contribution in [0.15, 0.2) is 0 Å². The first-order valence-corrected chi connectivity index (χ1v) is 4.05. The van der Waals surface area contributed by atoms with Crippen LogP contribution in [0.1, 0.15) is 12.8 Å². The summed E-state index contributed by atoms with van der Waals surface area (Å²) < 4.78 is 0. The van der Waals surface area contributed by atoms with Crippen molar-refractivity contribution in [2.75, 3.05) is 13.1 Å². The first kappa shape index (κ1) is 7.70. The van der Waals surface area contributed by atoms with E-state index in [9.17, 15) is 14.8 Å². The number of rotatable bonds is 1. The molecule has 0 radical (unpaired) electrons. The van der Waals surface area contributed by atoms with Crippen LogP contribution in [-0.2, 0) is 9.59 Å². The van der Waals surface area contributed by atoms with E-state index < -0.39 is 0 Å². The maximum atomic E-state index is 11.1. The second kappa shape index (κ2) is 2.53. The van der Waals surface area contributed by atoms with Crippen LogP contribution in [0, 0.1) is 5.21 Å². The summed E-state index contributed by atoms with van der Waals surface area (Å²) in [5.41, 5.74) is 0. The van der Waals surface area contributed by atoms with Crippen LogP contribution in [0.25, 0.3) is 0 Å². The minimum atomic E-state index is -0.113. The van der Waals surface area contributed by atoms with Gasteiger partial charge in [0, 0.05) is 12.8 Å². The molecule has 0 aromatic carbocycles. The number of quaternary nitrogens is 1. The molecule has 0 saturated carbocycles. The second-order valence-corrected chi connectivity index (χ2v) is 3.26. The van der Waals surface area contributed by atoms with Crippen LogP contribution in [0.4, 0.5) is 0 Å². The predicted molar refractivity (Wildman–Crippen MR) is 38.9 cm³/mol. The van der Waals surface area contributed by atoms with Crippen molar-refractivity contribution >= 4 is 11.8 Å². The average molecular weight is 170 g/mol. The van der Waals surface area contributed by atoms with Crippen molar-refractivity contribution in [1.29, 1.82) is 0 Å². The molecule has 0 atom stereocenters. The number of carbonyl (C=O) groups is 2. The average Bonchev–Trinajstić information content (AvgIpc) is 2.26. The number of hydroxylamine groups is 2. The zero-order chi connectivity index (χ0) is 8.72. The molecule has 66 valence electrons. The highest BCUT2D eigenvalue weighted by Crippen LogP contribution is 2.15. The summed E-state index contributed by atoms with van der Waals surface area (Å²) in [7, 11) is 0. The van der Waals surface area contributed by atoms with Crippen LogP contribution in [0.5, 0.6) is 0 Å². The largest absolute Gasteiger partial charge is 0.634 e. The minimum Gasteiger partial charge on any atom is -0.634 e. The van der Waals surface area contributed by atoms with Crippen molar-refractivity contribution in [3.05, 3.63) is 5.21 Å². The Kier molecular flexibility index (Phi) is 1.62. The highest BCUT2D eigenvalue weighted by atomic mass is 16.5. The van der Waals surface area contributed by atoms with Gasteiger partial charge in [-0.1, -0.05) is 0 Å². The number of hydrogen-bond donors (Lipinski definition) is 1. The standard InChI is InChI=1S/C7H10N2O3/c10-6-1-2-7(11)9(6)5-3-8(12)4-5/h5,8H,1-4H2. The lowest BCUT2D eigenvalue weighted by molar-refractivity contribution is -0.895. The highest BCUT2D eigenvalue weighted by molar-refractivity contribution is 6.02. The third-order valence-corrected chi connectivity index (χ3v) is 2.38. The summed E-state index contributed by atoms with van der Waals surface area (Å²) >= 11 is 0. The van der Waals surface area contributed by atoms with Gasteiger partial charge in [-0.05, 0) is 0 Å². The summed E-state index contributed by atoms with van der Waals surface area (Å²) in [5.74, 6) is -0.227. The molecule has 12 heavy (non-hydrogen) atoms. The van der Waals surface area contributed by atoms with E-state index in [2.05, 4.69) is 0 Å². The highest BCUT2D eigenvalue weighted by Gasteiger charge is 2.41. The van der Waals surface area contributed by atoms with Gasteiger partial charge < -0.3 is 10.3 Å². The Labute approximate surface area is 69.5 Å². The fourth-order valence-corrected chi connectivity index (χ4v) is 1.65. The SMILES string of the molecule is O=C1CCC(=O)N1C1C[NH+]([O-])C1. The molecule has 2 fully saturated rings. The Morgan fingerprint density at radius 2 is 1.75 bits per heavy atom. The first-order valence-electron chi connectivity index (χ1n) is 4.05. The summed E-state index contributed by atoms with van der Waals surface area (Å²) in [6, 6.07) is -0.111. The Hall–Kier alpha value is -0.940.